The molecular weight excluding hydrogens is 356 g/mol. The van der Waals surface area contributed by atoms with Crippen LogP contribution in [0.15, 0.2) is 18.2 Å². The van der Waals surface area contributed by atoms with E-state index in [-0.39, 0.29) is 12.5 Å². The number of esters is 1. The molecule has 0 saturated carbocycles. The largest absolute Gasteiger partial charge is 0.467 e. The van der Waals surface area contributed by atoms with Crippen molar-refractivity contribution in [3.05, 3.63) is 34.9 Å². The summed E-state index contributed by atoms with van der Waals surface area (Å²) in [6, 6.07) is -0.127. The van der Waals surface area contributed by atoms with Crippen LogP contribution >= 0.6 is 0 Å². The zero-order valence-electron chi connectivity index (χ0n) is 13.2. The molecule has 25 heavy (non-hydrogen) atoms. The Morgan fingerprint density at radius 1 is 1.04 bits per heavy atom. The van der Waals surface area contributed by atoms with Gasteiger partial charge in [0, 0.05) is 0 Å². The molecule has 1 N–H and O–H groups in total. The third-order valence-electron chi connectivity index (χ3n) is 3.24. The van der Waals surface area contributed by atoms with E-state index >= 15 is 0 Å². The van der Waals surface area contributed by atoms with Crippen LogP contribution in [0.4, 0.5) is 26.3 Å². The number of carbonyl (C=O) groups excluding carboxylic acids is 2. The summed E-state index contributed by atoms with van der Waals surface area (Å²) in [4.78, 5) is 23.2. The van der Waals surface area contributed by atoms with E-state index in [9.17, 15) is 35.9 Å². The van der Waals surface area contributed by atoms with E-state index in [0.717, 1.165) is 7.11 Å². The standard InChI is InChI=1S/C15H15F6NO3/c1-3-11(13(24)25-2)22-12(23)6-8-4-9(14(16,17)18)7-10(5-8)15(19,20)21/h4-5,7,11H,3,6H2,1-2H3,(H,22,23)/t11-/m1/s1. The number of hydrogen-bond acceptors (Lipinski definition) is 3. The van der Waals surface area contributed by atoms with Gasteiger partial charge in [0.15, 0.2) is 0 Å². The summed E-state index contributed by atoms with van der Waals surface area (Å²) in [6.07, 6.45) is -10.6. The van der Waals surface area contributed by atoms with Gasteiger partial charge in [-0.1, -0.05) is 6.92 Å². The van der Waals surface area contributed by atoms with Crippen molar-refractivity contribution >= 4 is 11.9 Å². The minimum absolute atomic E-state index is 0.0231. The smallest absolute Gasteiger partial charge is 0.416 e. The van der Waals surface area contributed by atoms with Gasteiger partial charge in [-0.05, 0) is 30.2 Å². The third kappa shape index (κ3) is 5.95. The summed E-state index contributed by atoms with van der Waals surface area (Å²) in [5.41, 5.74) is -3.49. The van der Waals surface area contributed by atoms with Crippen molar-refractivity contribution in [2.45, 2.75) is 38.2 Å². The molecule has 0 aromatic heterocycles. The number of ether oxygens (including phenoxy) is 1. The maximum Gasteiger partial charge on any atom is 0.416 e. The predicted octanol–water partition coefficient (Wildman–Crippen LogP) is 3.33. The first kappa shape index (κ1) is 20.8. The third-order valence-corrected chi connectivity index (χ3v) is 3.24. The molecule has 0 aliphatic heterocycles. The van der Waals surface area contributed by atoms with Gasteiger partial charge in [0.2, 0.25) is 5.91 Å². The highest BCUT2D eigenvalue weighted by Crippen LogP contribution is 2.36. The fourth-order valence-corrected chi connectivity index (χ4v) is 2.02. The van der Waals surface area contributed by atoms with Crippen LogP contribution in [0.3, 0.4) is 0 Å². The summed E-state index contributed by atoms with van der Waals surface area (Å²) in [6.45, 7) is 1.55. The monoisotopic (exact) mass is 371 g/mol. The molecule has 0 saturated heterocycles. The molecule has 0 aliphatic rings. The van der Waals surface area contributed by atoms with Crippen LogP contribution in [-0.4, -0.2) is 25.0 Å². The quantitative estimate of drug-likeness (QED) is 0.638. The van der Waals surface area contributed by atoms with E-state index in [0.29, 0.717) is 12.1 Å². The van der Waals surface area contributed by atoms with Gasteiger partial charge in [-0.15, -0.1) is 0 Å². The topological polar surface area (TPSA) is 55.4 Å². The molecule has 1 amide bonds. The fraction of sp³-hybridized carbons (Fsp3) is 0.467. The fourth-order valence-electron chi connectivity index (χ4n) is 2.02. The number of amides is 1. The van der Waals surface area contributed by atoms with Crippen molar-refractivity contribution < 1.29 is 40.7 Å². The van der Waals surface area contributed by atoms with Crippen LogP contribution < -0.4 is 5.32 Å². The average molecular weight is 371 g/mol. The molecule has 0 unspecified atom stereocenters. The summed E-state index contributed by atoms with van der Waals surface area (Å²) in [5, 5.41) is 2.21. The predicted molar refractivity (Wildman–Crippen MR) is 74.4 cm³/mol. The van der Waals surface area contributed by atoms with Crippen LogP contribution in [0.25, 0.3) is 0 Å². The molecule has 1 aromatic carbocycles. The van der Waals surface area contributed by atoms with Gasteiger partial charge < -0.3 is 10.1 Å². The molecule has 1 rings (SSSR count). The van der Waals surface area contributed by atoms with Gasteiger partial charge in [0.25, 0.3) is 0 Å². The molecule has 0 aliphatic carbocycles. The molecule has 4 nitrogen and oxygen atoms in total. The molecule has 0 radical (unpaired) electrons. The minimum atomic E-state index is -5.00. The number of rotatable bonds is 5. The van der Waals surface area contributed by atoms with Gasteiger partial charge in [-0.2, -0.15) is 26.3 Å². The second-order valence-corrected chi connectivity index (χ2v) is 5.14. The number of methoxy groups -OCH3 is 1. The lowest BCUT2D eigenvalue weighted by atomic mass is 10.0. The normalized spacial score (nSPS) is 13.3. The van der Waals surface area contributed by atoms with E-state index in [1.54, 1.807) is 6.92 Å². The Bertz CT molecular complexity index is 607. The zero-order chi connectivity index (χ0) is 19.4. The van der Waals surface area contributed by atoms with Gasteiger partial charge in [-0.25, -0.2) is 4.79 Å². The summed E-state index contributed by atoms with van der Waals surface area (Å²) in [7, 11) is 1.08. The van der Waals surface area contributed by atoms with Crippen molar-refractivity contribution in [3.8, 4) is 0 Å². The van der Waals surface area contributed by atoms with Crippen molar-refractivity contribution in [1.29, 1.82) is 0 Å². The second-order valence-electron chi connectivity index (χ2n) is 5.14. The minimum Gasteiger partial charge on any atom is -0.467 e. The number of halogens is 6. The number of carbonyl (C=O) groups is 2. The molecule has 0 bridgehead atoms. The average Bonchev–Trinajstić information content (AvgIpc) is 2.49. The molecule has 1 aromatic rings. The Balaban J connectivity index is 3.08. The van der Waals surface area contributed by atoms with Crippen LogP contribution in [0, 0.1) is 0 Å². The first-order chi connectivity index (χ1) is 11.4. The van der Waals surface area contributed by atoms with Gasteiger partial charge in [0.1, 0.15) is 6.04 Å². The Kier molecular flexibility index (Phi) is 6.44. The number of alkyl halides is 6. The molecule has 1 atom stereocenters. The maximum atomic E-state index is 12.8. The van der Waals surface area contributed by atoms with Crippen molar-refractivity contribution in [1.82, 2.24) is 5.32 Å². The molecule has 140 valence electrons. The van der Waals surface area contributed by atoms with E-state index in [4.69, 9.17) is 0 Å². The first-order valence-corrected chi connectivity index (χ1v) is 7.04. The van der Waals surface area contributed by atoms with Gasteiger partial charge in [0.05, 0.1) is 24.7 Å². The number of nitrogens with one attached hydrogen (secondary N) is 1. The lowest BCUT2D eigenvalue weighted by Gasteiger charge is -2.16. The van der Waals surface area contributed by atoms with E-state index in [1.165, 1.54) is 0 Å². The second kappa shape index (κ2) is 7.75. The summed E-state index contributed by atoms with van der Waals surface area (Å²) >= 11 is 0. The van der Waals surface area contributed by atoms with E-state index < -0.39 is 53.4 Å². The van der Waals surface area contributed by atoms with Gasteiger partial charge >= 0.3 is 18.3 Å². The maximum absolute atomic E-state index is 12.8. The number of hydrogen-bond donors (Lipinski definition) is 1. The van der Waals surface area contributed by atoms with Gasteiger partial charge in [-0.3, -0.25) is 4.79 Å². The highest BCUT2D eigenvalue weighted by molar-refractivity contribution is 5.85. The summed E-state index contributed by atoms with van der Waals surface area (Å²) < 4.78 is 81.0. The van der Waals surface area contributed by atoms with Crippen LogP contribution in [-0.2, 0) is 33.1 Å². The molecule has 0 spiro atoms. The molecule has 0 fully saturated rings. The zero-order valence-corrected chi connectivity index (χ0v) is 13.2. The number of benzene rings is 1. The summed E-state index contributed by atoms with van der Waals surface area (Å²) in [5.74, 6) is -1.67. The van der Waals surface area contributed by atoms with Crippen molar-refractivity contribution in [2.24, 2.45) is 0 Å². The molecular formula is C15H15F6NO3. The lowest BCUT2D eigenvalue weighted by Crippen LogP contribution is -2.41. The van der Waals surface area contributed by atoms with Crippen LogP contribution in [0.2, 0.25) is 0 Å². The van der Waals surface area contributed by atoms with E-state index in [2.05, 4.69) is 10.1 Å². The highest BCUT2D eigenvalue weighted by Gasteiger charge is 2.37. The Labute approximate surface area is 139 Å². The Hall–Kier alpha value is -2.26. The first-order valence-electron chi connectivity index (χ1n) is 7.04. The van der Waals surface area contributed by atoms with E-state index in [1.807, 2.05) is 0 Å². The highest BCUT2D eigenvalue weighted by atomic mass is 19.4. The molecule has 0 heterocycles. The Morgan fingerprint density at radius 3 is 1.88 bits per heavy atom. The lowest BCUT2D eigenvalue weighted by molar-refractivity contribution is -0.145. The Morgan fingerprint density at radius 2 is 1.52 bits per heavy atom. The van der Waals surface area contributed by atoms with Crippen LogP contribution in [0.1, 0.15) is 30.0 Å². The van der Waals surface area contributed by atoms with Crippen molar-refractivity contribution in [3.63, 3.8) is 0 Å². The SMILES string of the molecule is CC[C@@H](NC(=O)Cc1cc(C(F)(F)F)cc(C(F)(F)F)c1)C(=O)OC. The molecule has 10 heteroatoms. The van der Waals surface area contributed by atoms with Crippen molar-refractivity contribution in [2.75, 3.05) is 7.11 Å². The van der Waals surface area contributed by atoms with Crippen LogP contribution in [0.5, 0.6) is 0 Å².